The van der Waals surface area contributed by atoms with Crippen LogP contribution in [0.5, 0.6) is 0 Å². The van der Waals surface area contributed by atoms with Crippen molar-refractivity contribution in [3.63, 3.8) is 0 Å². The molecule has 0 bridgehead atoms. The summed E-state index contributed by atoms with van der Waals surface area (Å²) in [5.41, 5.74) is 4.28. The molecule has 0 unspecified atom stereocenters. The van der Waals surface area contributed by atoms with Crippen LogP contribution < -0.4 is 11.1 Å². The highest BCUT2D eigenvalue weighted by molar-refractivity contribution is 5.83. The molecule has 328 valence electrons. The normalized spacial score (nSPS) is 25.1. The lowest BCUT2D eigenvalue weighted by Gasteiger charge is -2.32. The van der Waals surface area contributed by atoms with E-state index in [0.29, 0.717) is 37.3 Å². The largest absolute Gasteiger partial charge is 0.396 e. The third kappa shape index (κ3) is 8.12. The van der Waals surface area contributed by atoms with E-state index in [4.69, 9.17) is 0 Å². The summed E-state index contributed by atoms with van der Waals surface area (Å²) in [5.74, 6) is -1.66. The van der Waals surface area contributed by atoms with E-state index in [1.165, 1.54) is 34.1 Å². The molecule has 62 heavy (non-hydrogen) atoms. The zero-order valence-corrected chi connectivity index (χ0v) is 36.1. The van der Waals surface area contributed by atoms with E-state index in [9.17, 15) is 38.2 Å². The minimum absolute atomic E-state index is 0.0668. The zero-order valence-electron chi connectivity index (χ0n) is 36.1. The molecule has 0 spiro atoms. The Balaban J connectivity index is 0.000000186. The van der Waals surface area contributed by atoms with Gasteiger partial charge in [-0.2, -0.15) is 0 Å². The second-order valence-corrected chi connectivity index (χ2v) is 17.1. The summed E-state index contributed by atoms with van der Waals surface area (Å²) in [6.45, 7) is 5.02. The predicted molar refractivity (Wildman–Crippen MR) is 233 cm³/mol. The summed E-state index contributed by atoms with van der Waals surface area (Å²) >= 11 is 0. The molecule has 0 saturated carbocycles. The van der Waals surface area contributed by atoms with E-state index >= 15 is 0 Å². The van der Waals surface area contributed by atoms with E-state index in [0.717, 1.165) is 22.5 Å². The second kappa shape index (κ2) is 18.4. The standard InChI is InChI=1S/2C24H28FN3O3/c2*1-4-6-16-9-10-20-21-18(13-27(20)23(16)30)19(14-29)22(24(31)26(2)3)28(21)12-15-7-5-8-17(25)11-15/h2*4-11,18-19,21-22,29H,12-14H2,1-3H3/b6-4+;6-4-/t2*18-,19-,21+,22-/m11/s1. The number of amides is 2. The maximum absolute atomic E-state index is 13.9. The molecule has 4 aromatic rings. The Hall–Kier alpha value is -5.54. The number of carbonyl (C=O) groups excluding carboxylic acids is 2. The maximum Gasteiger partial charge on any atom is 0.258 e. The Morgan fingerprint density at radius 3 is 1.35 bits per heavy atom. The number of rotatable bonds is 10. The summed E-state index contributed by atoms with van der Waals surface area (Å²) in [4.78, 5) is 59.5. The van der Waals surface area contributed by atoms with Crippen molar-refractivity contribution in [1.82, 2.24) is 28.7 Å². The van der Waals surface area contributed by atoms with Gasteiger partial charge >= 0.3 is 0 Å². The number of nitrogens with zero attached hydrogens (tertiary/aromatic N) is 6. The Kier molecular flexibility index (Phi) is 13.2. The zero-order chi connectivity index (χ0) is 44.6. The van der Waals surface area contributed by atoms with Gasteiger partial charge in [0.2, 0.25) is 11.8 Å². The van der Waals surface area contributed by atoms with Crippen molar-refractivity contribution < 1.29 is 28.6 Å². The maximum atomic E-state index is 13.9. The molecule has 2 saturated heterocycles. The monoisotopic (exact) mass is 850 g/mol. The van der Waals surface area contributed by atoms with Crippen LogP contribution >= 0.6 is 0 Å². The SMILES string of the molecule is C/C=C/c1ccc2n(c1=O)C[C@@H]1[C@@H](CO)[C@H](C(=O)N(C)C)N(Cc3cccc(F)c3)[C@H]21.C/C=C\c1ccc2n(c1=O)C[C@@H]1[C@@H](CO)[C@H](C(=O)N(C)C)N(Cc3cccc(F)c3)[C@H]21. The van der Waals surface area contributed by atoms with Crippen molar-refractivity contribution >= 4 is 24.0 Å². The molecule has 14 heteroatoms. The number of aliphatic hydroxyl groups is 2. The Labute approximate surface area is 360 Å². The molecule has 2 fully saturated rings. The molecule has 2 aromatic carbocycles. The fraction of sp³-hybridized carbons (Fsp3) is 0.417. The highest BCUT2D eigenvalue weighted by Gasteiger charge is 2.57. The van der Waals surface area contributed by atoms with Gasteiger partial charge in [0.25, 0.3) is 11.1 Å². The fourth-order valence-electron chi connectivity index (χ4n) is 10.4. The third-order valence-electron chi connectivity index (χ3n) is 13.0. The topological polar surface area (TPSA) is 132 Å². The predicted octanol–water partition coefficient (Wildman–Crippen LogP) is 4.55. The molecule has 8 atom stereocenters. The van der Waals surface area contributed by atoms with Crippen LogP contribution in [0.2, 0.25) is 0 Å². The molecular formula is C48H56F2N6O6. The number of hydrogen-bond donors (Lipinski definition) is 2. The van der Waals surface area contributed by atoms with Crippen LogP contribution in [0, 0.1) is 35.3 Å². The van der Waals surface area contributed by atoms with Gasteiger partial charge in [0.05, 0.1) is 24.2 Å². The first kappa shape index (κ1) is 44.5. The quantitative estimate of drug-likeness (QED) is 0.238. The van der Waals surface area contributed by atoms with Crippen LogP contribution in [-0.4, -0.2) is 104 Å². The average molecular weight is 851 g/mol. The molecule has 4 aliphatic heterocycles. The number of hydrogen-bond acceptors (Lipinski definition) is 8. The molecule has 2 amide bonds. The van der Waals surface area contributed by atoms with Crippen molar-refractivity contribution in [2.45, 2.75) is 64.2 Å². The second-order valence-electron chi connectivity index (χ2n) is 17.1. The van der Waals surface area contributed by atoms with Gasteiger partial charge < -0.3 is 29.1 Å². The van der Waals surface area contributed by atoms with Crippen molar-refractivity contribution in [3.8, 4) is 0 Å². The molecular weight excluding hydrogens is 795 g/mol. The van der Waals surface area contributed by atoms with Crippen LogP contribution in [0.1, 0.15) is 59.6 Å². The van der Waals surface area contributed by atoms with Crippen LogP contribution in [0.4, 0.5) is 8.78 Å². The van der Waals surface area contributed by atoms with Crippen molar-refractivity contribution in [2.24, 2.45) is 23.7 Å². The summed E-state index contributed by atoms with van der Waals surface area (Å²) in [7, 11) is 6.81. The van der Waals surface area contributed by atoms with Gasteiger partial charge in [-0.05, 0) is 73.5 Å². The van der Waals surface area contributed by atoms with Gasteiger partial charge in [0.15, 0.2) is 0 Å². The summed E-state index contributed by atoms with van der Waals surface area (Å²) < 4.78 is 31.3. The van der Waals surface area contributed by atoms with Gasteiger partial charge in [-0.3, -0.25) is 29.0 Å². The summed E-state index contributed by atoms with van der Waals surface area (Å²) in [6, 6.07) is 18.7. The average Bonchev–Trinajstić information content (AvgIpc) is 3.97. The van der Waals surface area contributed by atoms with Gasteiger partial charge in [-0.25, -0.2) is 8.78 Å². The highest BCUT2D eigenvalue weighted by Crippen LogP contribution is 2.51. The number of benzene rings is 2. The molecule has 2 N–H and O–H groups in total. The van der Waals surface area contributed by atoms with Crippen molar-refractivity contribution in [1.29, 1.82) is 0 Å². The van der Waals surface area contributed by atoms with E-state index < -0.39 is 12.1 Å². The molecule has 12 nitrogen and oxygen atoms in total. The first-order valence-corrected chi connectivity index (χ1v) is 21.1. The number of likely N-dealkylation sites (tertiary alicyclic amines) is 2. The minimum atomic E-state index is -0.544. The smallest absolute Gasteiger partial charge is 0.258 e. The Morgan fingerprint density at radius 2 is 1.03 bits per heavy atom. The minimum Gasteiger partial charge on any atom is -0.396 e. The lowest BCUT2D eigenvalue weighted by atomic mass is 9.88. The fourth-order valence-corrected chi connectivity index (χ4v) is 10.4. The number of carbonyl (C=O) groups is 2. The van der Waals surface area contributed by atoms with E-state index in [1.54, 1.807) is 61.6 Å². The lowest BCUT2D eigenvalue weighted by molar-refractivity contribution is -0.136. The number of halogens is 2. The van der Waals surface area contributed by atoms with Crippen LogP contribution in [0.15, 0.2) is 94.5 Å². The van der Waals surface area contributed by atoms with E-state index in [2.05, 4.69) is 0 Å². The Morgan fingerprint density at radius 1 is 0.645 bits per heavy atom. The number of allylic oxidation sites excluding steroid dienone is 2. The first-order valence-electron chi connectivity index (χ1n) is 21.1. The third-order valence-corrected chi connectivity index (χ3v) is 13.0. The molecule has 8 rings (SSSR count). The number of likely N-dealkylation sites (N-methyl/N-ethyl adjacent to an activating group) is 2. The number of pyridine rings is 2. The van der Waals surface area contributed by atoms with Crippen molar-refractivity contribution in [2.75, 3.05) is 41.4 Å². The molecule has 4 aliphatic rings. The number of fused-ring (bicyclic) bond motifs is 6. The van der Waals surface area contributed by atoms with Gasteiger partial charge in [0.1, 0.15) is 11.6 Å². The molecule has 0 radical (unpaired) electrons. The number of aliphatic hydroxyl groups excluding tert-OH is 2. The lowest BCUT2D eigenvalue weighted by Crippen LogP contribution is -2.47. The summed E-state index contributed by atoms with van der Waals surface area (Å²) in [5, 5.41) is 20.5. The van der Waals surface area contributed by atoms with Crippen LogP contribution in [-0.2, 0) is 35.8 Å². The van der Waals surface area contributed by atoms with E-state index in [1.807, 2.05) is 72.2 Å². The van der Waals surface area contributed by atoms with Gasteiger partial charge in [-0.15, -0.1) is 0 Å². The molecule has 2 aromatic heterocycles. The van der Waals surface area contributed by atoms with Gasteiger partial charge in [0, 0.05) is 114 Å². The first-order chi connectivity index (χ1) is 29.7. The van der Waals surface area contributed by atoms with Crippen LogP contribution in [0.3, 0.4) is 0 Å². The van der Waals surface area contributed by atoms with Crippen molar-refractivity contribution in [3.05, 3.63) is 151 Å². The van der Waals surface area contributed by atoms with Crippen LogP contribution in [0.25, 0.3) is 12.2 Å². The molecule has 6 heterocycles. The van der Waals surface area contributed by atoms with Gasteiger partial charge in [-0.1, -0.05) is 48.6 Å². The summed E-state index contributed by atoms with van der Waals surface area (Å²) in [6.07, 6.45) is 7.24. The highest BCUT2D eigenvalue weighted by atomic mass is 19.1. The van der Waals surface area contributed by atoms with E-state index in [-0.39, 0.29) is 83.5 Å². The number of aromatic nitrogens is 2. The molecule has 0 aliphatic carbocycles. The Bertz CT molecular complexity index is 2330.